The molecule has 1 amide bonds. The Hall–Kier alpha value is -1.33. The molecule has 0 aliphatic heterocycles. The minimum Gasteiger partial charge on any atom is -0.468 e. The lowest BCUT2D eigenvalue weighted by atomic mass is 9.66. The van der Waals surface area contributed by atoms with Gasteiger partial charge in [0, 0.05) is 13.0 Å². The van der Waals surface area contributed by atoms with Crippen molar-refractivity contribution in [3.05, 3.63) is 24.2 Å². The fourth-order valence-electron chi connectivity index (χ4n) is 2.76. The van der Waals surface area contributed by atoms with Crippen molar-refractivity contribution < 1.29 is 9.21 Å². The van der Waals surface area contributed by atoms with E-state index in [0.717, 1.165) is 18.6 Å². The third kappa shape index (κ3) is 3.41. The maximum absolute atomic E-state index is 12.1. The Bertz CT molecular complexity index is 419. The van der Waals surface area contributed by atoms with Crippen LogP contribution in [-0.4, -0.2) is 38.0 Å². The predicted molar refractivity (Wildman–Crippen MR) is 78.1 cm³/mol. The number of nitrogens with zero attached hydrogens (tertiary/aromatic N) is 1. The minimum atomic E-state index is 0.0579. The molecule has 20 heavy (non-hydrogen) atoms. The van der Waals surface area contributed by atoms with Gasteiger partial charge in [-0.1, -0.05) is 6.42 Å². The number of nitrogens with two attached hydrogens (primary N) is 1. The average molecular weight is 279 g/mol. The van der Waals surface area contributed by atoms with Gasteiger partial charge in [-0.3, -0.25) is 9.69 Å². The second kappa shape index (κ2) is 6.41. The zero-order valence-electron chi connectivity index (χ0n) is 12.4. The summed E-state index contributed by atoms with van der Waals surface area (Å²) in [6.07, 6.45) is 5.54. The molecule has 1 aliphatic carbocycles. The number of carbonyl (C=O) groups excluding carboxylic acids is 1. The first-order valence-corrected chi connectivity index (χ1v) is 7.23. The summed E-state index contributed by atoms with van der Waals surface area (Å²) in [6.45, 7) is 1.16. The molecule has 5 heteroatoms. The second-order valence-electron chi connectivity index (χ2n) is 6.03. The van der Waals surface area contributed by atoms with Crippen LogP contribution in [0.2, 0.25) is 0 Å². The second-order valence-corrected chi connectivity index (χ2v) is 6.03. The van der Waals surface area contributed by atoms with Crippen molar-refractivity contribution >= 4 is 5.91 Å². The van der Waals surface area contributed by atoms with E-state index in [1.165, 1.54) is 6.42 Å². The molecule has 112 valence electrons. The van der Waals surface area contributed by atoms with Crippen LogP contribution in [0, 0.1) is 5.41 Å². The van der Waals surface area contributed by atoms with Crippen molar-refractivity contribution in [2.75, 3.05) is 27.2 Å². The highest BCUT2D eigenvalue weighted by Gasteiger charge is 2.37. The smallest absolute Gasteiger partial charge is 0.220 e. The van der Waals surface area contributed by atoms with Gasteiger partial charge in [-0.2, -0.15) is 0 Å². The number of amides is 1. The molecule has 0 bridgehead atoms. The maximum atomic E-state index is 12.1. The first-order valence-electron chi connectivity index (χ1n) is 7.23. The summed E-state index contributed by atoms with van der Waals surface area (Å²) in [5.74, 6) is 0.959. The van der Waals surface area contributed by atoms with Crippen LogP contribution in [0.1, 0.15) is 37.5 Å². The molecule has 0 saturated heterocycles. The number of rotatable bonds is 7. The standard InChI is InChI=1S/C15H25N3O2/c1-18(2)12(13-5-3-8-20-13)10-17-14(19)9-15(11-16)6-4-7-15/h3,5,8,12H,4,6-7,9-11,16H2,1-2H3,(H,17,19). The number of furan rings is 1. The lowest BCUT2D eigenvalue weighted by molar-refractivity contribution is -0.125. The minimum absolute atomic E-state index is 0.0579. The SMILES string of the molecule is CN(C)C(CNC(=O)CC1(CN)CCC1)c1ccco1. The molecule has 0 spiro atoms. The Balaban J connectivity index is 1.85. The molecule has 0 radical (unpaired) electrons. The van der Waals surface area contributed by atoms with Gasteiger partial charge in [0.2, 0.25) is 5.91 Å². The summed E-state index contributed by atoms with van der Waals surface area (Å²) in [5, 5.41) is 3.01. The largest absolute Gasteiger partial charge is 0.468 e. The van der Waals surface area contributed by atoms with Crippen LogP contribution < -0.4 is 11.1 Å². The summed E-state index contributed by atoms with van der Waals surface area (Å²) in [5.41, 5.74) is 5.85. The fourth-order valence-corrected chi connectivity index (χ4v) is 2.76. The molecule has 1 aromatic rings. The first-order chi connectivity index (χ1) is 9.56. The summed E-state index contributed by atoms with van der Waals surface area (Å²) in [4.78, 5) is 14.1. The van der Waals surface area contributed by atoms with Gasteiger partial charge in [0.05, 0.1) is 12.3 Å². The van der Waals surface area contributed by atoms with Gasteiger partial charge in [-0.05, 0) is 51.0 Å². The summed E-state index contributed by atoms with van der Waals surface area (Å²) < 4.78 is 5.43. The molecule has 1 fully saturated rings. The van der Waals surface area contributed by atoms with Crippen LogP contribution in [-0.2, 0) is 4.79 Å². The topological polar surface area (TPSA) is 71.5 Å². The Morgan fingerprint density at radius 2 is 2.30 bits per heavy atom. The maximum Gasteiger partial charge on any atom is 0.220 e. The van der Waals surface area contributed by atoms with Gasteiger partial charge >= 0.3 is 0 Å². The zero-order chi connectivity index (χ0) is 14.6. The Kier molecular flexibility index (Phi) is 4.83. The van der Waals surface area contributed by atoms with Crippen LogP contribution in [0.3, 0.4) is 0 Å². The summed E-state index contributed by atoms with van der Waals surface area (Å²) >= 11 is 0. The van der Waals surface area contributed by atoms with E-state index < -0.39 is 0 Å². The van der Waals surface area contributed by atoms with Crippen LogP contribution in [0.15, 0.2) is 22.8 Å². The third-order valence-electron chi connectivity index (χ3n) is 4.37. The van der Waals surface area contributed by atoms with Crippen molar-refractivity contribution in [3.8, 4) is 0 Å². The molecule has 1 heterocycles. The summed E-state index contributed by atoms with van der Waals surface area (Å²) in [7, 11) is 3.96. The normalized spacial score (nSPS) is 18.6. The molecule has 1 atom stereocenters. The van der Waals surface area contributed by atoms with Crippen molar-refractivity contribution in [1.29, 1.82) is 0 Å². The van der Waals surface area contributed by atoms with Gasteiger partial charge in [0.15, 0.2) is 0 Å². The quantitative estimate of drug-likeness (QED) is 0.794. The molecule has 1 saturated carbocycles. The highest BCUT2D eigenvalue weighted by atomic mass is 16.3. The molecule has 3 N–H and O–H groups in total. The molecule has 5 nitrogen and oxygen atoms in total. The zero-order valence-corrected chi connectivity index (χ0v) is 12.4. The first kappa shape index (κ1) is 15.1. The lowest BCUT2D eigenvalue weighted by Gasteiger charge is -2.40. The van der Waals surface area contributed by atoms with E-state index in [1.807, 2.05) is 31.1 Å². The third-order valence-corrected chi connectivity index (χ3v) is 4.37. The predicted octanol–water partition coefficient (Wildman–Crippen LogP) is 1.52. The molecule has 0 aromatic carbocycles. The van der Waals surface area contributed by atoms with Crippen molar-refractivity contribution in [1.82, 2.24) is 10.2 Å². The highest BCUT2D eigenvalue weighted by Crippen LogP contribution is 2.42. The molecular formula is C15H25N3O2. The molecule has 1 unspecified atom stereocenters. The number of carbonyl (C=O) groups is 1. The van der Waals surface area contributed by atoms with Crippen molar-refractivity contribution in [2.24, 2.45) is 11.1 Å². The van der Waals surface area contributed by atoms with E-state index in [4.69, 9.17) is 10.2 Å². The summed E-state index contributed by atoms with van der Waals surface area (Å²) in [6, 6.07) is 3.86. The van der Waals surface area contributed by atoms with E-state index in [0.29, 0.717) is 19.5 Å². The van der Waals surface area contributed by atoms with Crippen LogP contribution in [0.25, 0.3) is 0 Å². The number of hydrogen-bond donors (Lipinski definition) is 2. The van der Waals surface area contributed by atoms with Crippen molar-refractivity contribution in [2.45, 2.75) is 31.7 Å². The van der Waals surface area contributed by atoms with Crippen LogP contribution >= 0.6 is 0 Å². The molecule has 1 aliphatic rings. The average Bonchev–Trinajstić information content (AvgIpc) is 2.87. The molecule has 2 rings (SSSR count). The van der Waals surface area contributed by atoms with Crippen LogP contribution in [0.4, 0.5) is 0 Å². The molecular weight excluding hydrogens is 254 g/mol. The van der Waals surface area contributed by atoms with Gasteiger partial charge in [0.1, 0.15) is 5.76 Å². The van der Waals surface area contributed by atoms with E-state index in [-0.39, 0.29) is 17.4 Å². The lowest BCUT2D eigenvalue weighted by Crippen LogP contribution is -2.43. The van der Waals surface area contributed by atoms with Crippen molar-refractivity contribution in [3.63, 3.8) is 0 Å². The van der Waals surface area contributed by atoms with E-state index in [9.17, 15) is 4.79 Å². The Morgan fingerprint density at radius 1 is 1.55 bits per heavy atom. The molecule has 1 aromatic heterocycles. The van der Waals surface area contributed by atoms with E-state index >= 15 is 0 Å². The van der Waals surface area contributed by atoms with Gasteiger partial charge in [-0.15, -0.1) is 0 Å². The Labute approximate surface area is 120 Å². The highest BCUT2D eigenvalue weighted by molar-refractivity contribution is 5.76. The van der Waals surface area contributed by atoms with E-state index in [1.54, 1.807) is 6.26 Å². The number of nitrogens with one attached hydrogen (secondary N) is 1. The van der Waals surface area contributed by atoms with Gasteiger partial charge < -0.3 is 15.5 Å². The Morgan fingerprint density at radius 3 is 2.75 bits per heavy atom. The van der Waals surface area contributed by atoms with E-state index in [2.05, 4.69) is 5.32 Å². The van der Waals surface area contributed by atoms with Crippen LogP contribution in [0.5, 0.6) is 0 Å². The monoisotopic (exact) mass is 279 g/mol. The number of likely N-dealkylation sites (N-methyl/N-ethyl adjacent to an activating group) is 1. The fraction of sp³-hybridized carbons (Fsp3) is 0.667. The number of hydrogen-bond acceptors (Lipinski definition) is 4. The van der Waals surface area contributed by atoms with Gasteiger partial charge in [0.25, 0.3) is 0 Å². The van der Waals surface area contributed by atoms with Gasteiger partial charge in [-0.25, -0.2) is 0 Å².